The van der Waals surface area contributed by atoms with Crippen LogP contribution in [-0.2, 0) is 11.3 Å². The predicted molar refractivity (Wildman–Crippen MR) is 21.5 cm³/mol. The molecular formula is CH4N2OS. The summed E-state index contributed by atoms with van der Waals surface area (Å²) in [6, 6.07) is 0. The van der Waals surface area contributed by atoms with E-state index in [2.05, 4.69) is 11.5 Å². The van der Waals surface area contributed by atoms with Crippen molar-refractivity contribution in [3.05, 3.63) is 0 Å². The molecule has 0 heterocycles. The third-order valence-corrected chi connectivity index (χ3v) is 0.289. The minimum Gasteiger partial charge on any atom is -0.282 e. The van der Waals surface area contributed by atoms with Crippen molar-refractivity contribution in [2.75, 3.05) is 0 Å². The Kier molecular flexibility index (Phi) is 1.99. The molecule has 0 bridgehead atoms. The quantitative estimate of drug-likeness (QED) is 0.346. The number of rotatable bonds is 0. The highest BCUT2D eigenvalue weighted by molar-refractivity contribution is 7.66. The molecule has 4 heteroatoms. The Labute approximate surface area is 33.0 Å². The molecule has 5 heavy (non-hydrogen) atoms. The Morgan fingerprint density at radius 1 is 1.60 bits per heavy atom. The van der Waals surface area contributed by atoms with Crippen LogP contribution in [0.1, 0.15) is 0 Å². The van der Waals surface area contributed by atoms with Gasteiger partial charge in [-0.3, -0.25) is 11.5 Å². The van der Waals surface area contributed by atoms with Crippen LogP contribution in [0.25, 0.3) is 0 Å². The molecule has 0 aromatic rings. The molecule has 0 aliphatic heterocycles. The van der Waals surface area contributed by atoms with Crippen molar-refractivity contribution in [2.45, 2.75) is 0 Å². The normalized spacial score (nSPS) is 6.80. The molecule has 0 fully saturated rings. The molecule has 0 amide bonds. The van der Waals surface area contributed by atoms with E-state index in [1.54, 1.807) is 0 Å². The van der Waals surface area contributed by atoms with Crippen LogP contribution in [0.4, 0.5) is 0 Å². The van der Waals surface area contributed by atoms with Gasteiger partial charge in [0.25, 0.3) is 0 Å². The van der Waals surface area contributed by atoms with Crippen molar-refractivity contribution in [3.8, 4) is 0 Å². The van der Waals surface area contributed by atoms with Crippen molar-refractivity contribution in [1.82, 2.24) is 0 Å². The molecule has 0 rings (SSSR count). The summed E-state index contributed by atoms with van der Waals surface area (Å²) in [5, 5.41) is -0.134. The lowest BCUT2D eigenvalue weighted by Gasteiger charge is -1.66. The Bertz CT molecular complexity index is 69.7. The fraction of sp³-hybridized carbons (Fsp3) is 0. The first-order valence-corrected chi connectivity index (χ1v) is 1.69. The van der Waals surface area contributed by atoms with Crippen LogP contribution in [0, 0.1) is 0 Å². The number of nitrogens with two attached hydrogens (primary N) is 2. The Morgan fingerprint density at radius 3 is 1.80 bits per heavy atom. The molecular weight excluding hydrogens is 88.1 g/mol. The minimum atomic E-state index is -0.134. The van der Waals surface area contributed by atoms with Gasteiger partial charge in [-0.1, -0.05) is 0 Å². The van der Waals surface area contributed by atoms with Gasteiger partial charge in [-0.25, -0.2) is 4.21 Å². The second-order valence-electron chi connectivity index (χ2n) is 0.486. The third kappa shape index (κ3) is 3.81. The van der Waals surface area contributed by atoms with Crippen molar-refractivity contribution >= 4 is 16.4 Å². The first kappa shape index (κ1) is 4.81. The van der Waals surface area contributed by atoms with Gasteiger partial charge in [-0.2, -0.15) is 0 Å². The molecule has 0 aromatic heterocycles. The lowest BCUT2D eigenvalue weighted by molar-refractivity contribution is 0.700. The summed E-state index contributed by atoms with van der Waals surface area (Å²) in [6.45, 7) is 0. The van der Waals surface area contributed by atoms with E-state index in [9.17, 15) is 4.21 Å². The second kappa shape index (κ2) is 2.07. The van der Waals surface area contributed by atoms with E-state index >= 15 is 0 Å². The van der Waals surface area contributed by atoms with Gasteiger partial charge in [-0.15, -0.1) is 0 Å². The smallest absolute Gasteiger partial charge is 0.149 e. The predicted octanol–water partition coefficient (Wildman–Crippen LogP) is -1.80. The number of hydrogen-bond donors (Lipinski definition) is 2. The Morgan fingerprint density at radius 2 is 1.80 bits per heavy atom. The van der Waals surface area contributed by atoms with Crippen molar-refractivity contribution < 1.29 is 4.21 Å². The maximum atomic E-state index is 9.26. The summed E-state index contributed by atoms with van der Waals surface area (Å²) in [4.78, 5) is 0. The summed E-state index contributed by atoms with van der Waals surface area (Å²) in [5.41, 5.74) is 9.27. The second-order valence-corrected chi connectivity index (χ2v) is 1.12. The average molecular weight is 92.1 g/mol. The molecule has 0 atom stereocenters. The van der Waals surface area contributed by atoms with Gasteiger partial charge >= 0.3 is 0 Å². The average Bonchev–Trinajstić information content (AvgIpc) is 1.38. The van der Waals surface area contributed by atoms with Gasteiger partial charge in [0.15, 0.2) is 0 Å². The maximum Gasteiger partial charge on any atom is 0.149 e. The van der Waals surface area contributed by atoms with Gasteiger partial charge in [0.05, 0.1) is 0 Å². The highest BCUT2D eigenvalue weighted by Crippen LogP contribution is 1.20. The van der Waals surface area contributed by atoms with Crippen LogP contribution in [0.5, 0.6) is 0 Å². The molecule has 0 saturated heterocycles. The zero-order valence-corrected chi connectivity index (χ0v) is 3.29. The van der Waals surface area contributed by atoms with E-state index in [1.807, 2.05) is 0 Å². The van der Waals surface area contributed by atoms with Gasteiger partial charge in [0.1, 0.15) is 16.4 Å². The lowest BCUT2D eigenvalue weighted by atomic mass is 11.3. The summed E-state index contributed by atoms with van der Waals surface area (Å²) in [7, 11) is 0. The summed E-state index contributed by atoms with van der Waals surface area (Å²) < 4.78 is 9.26. The Balaban J connectivity index is 3.60. The summed E-state index contributed by atoms with van der Waals surface area (Å²) in [6.07, 6.45) is 0. The van der Waals surface area contributed by atoms with Gasteiger partial charge in [0, 0.05) is 0 Å². The van der Waals surface area contributed by atoms with Crippen LogP contribution in [0.3, 0.4) is 0 Å². The molecule has 30 valence electrons. The lowest BCUT2D eigenvalue weighted by Crippen LogP contribution is -2.21. The number of hydrogen-bond acceptors (Lipinski definition) is 1. The van der Waals surface area contributed by atoms with E-state index in [4.69, 9.17) is 0 Å². The van der Waals surface area contributed by atoms with E-state index in [0.717, 1.165) is 0 Å². The highest BCUT2D eigenvalue weighted by Gasteiger charge is 1.62. The largest absolute Gasteiger partial charge is 0.282 e. The molecule has 0 spiro atoms. The Hall–Kier alpha value is -0.190. The molecule has 3 nitrogen and oxygen atoms in total. The van der Waals surface area contributed by atoms with Gasteiger partial charge < -0.3 is 0 Å². The van der Waals surface area contributed by atoms with Gasteiger partial charge in [0.2, 0.25) is 0 Å². The molecule has 0 saturated carbocycles. The van der Waals surface area contributed by atoms with Crippen molar-refractivity contribution in [1.29, 1.82) is 0 Å². The van der Waals surface area contributed by atoms with E-state index in [0.29, 0.717) is 0 Å². The minimum absolute atomic E-state index is 0.102. The monoisotopic (exact) mass is 92.0 g/mol. The molecule has 4 N–H and O–H groups in total. The fourth-order valence-corrected chi connectivity index (χ4v) is 0. The standard InChI is InChI=1S/CH4N2OS/c2-1(3)5-4/h2-3H2. The van der Waals surface area contributed by atoms with E-state index < -0.39 is 0 Å². The molecule has 0 aliphatic carbocycles. The molecule has 0 unspecified atom stereocenters. The molecule has 0 radical (unpaired) electrons. The van der Waals surface area contributed by atoms with Crippen molar-refractivity contribution in [2.24, 2.45) is 11.5 Å². The van der Waals surface area contributed by atoms with Crippen LogP contribution in [-0.4, -0.2) is 9.32 Å². The molecule has 0 aliphatic rings. The van der Waals surface area contributed by atoms with E-state index in [1.165, 1.54) is 0 Å². The topological polar surface area (TPSA) is 69.1 Å². The van der Waals surface area contributed by atoms with E-state index in [-0.39, 0.29) is 16.4 Å². The fourth-order valence-electron chi connectivity index (χ4n) is 0. The van der Waals surface area contributed by atoms with Crippen LogP contribution < -0.4 is 11.5 Å². The van der Waals surface area contributed by atoms with Crippen LogP contribution in [0.15, 0.2) is 0 Å². The highest BCUT2D eigenvalue weighted by atomic mass is 32.1. The molecule has 0 aromatic carbocycles. The summed E-state index contributed by atoms with van der Waals surface area (Å²) >= 11 is 0.102. The van der Waals surface area contributed by atoms with Crippen LogP contribution >= 0.6 is 0 Å². The summed E-state index contributed by atoms with van der Waals surface area (Å²) in [5.74, 6) is 0. The third-order valence-electron chi connectivity index (χ3n) is 0.0962. The maximum absolute atomic E-state index is 9.26. The first-order valence-electron chi connectivity index (χ1n) is 0.948. The first-order chi connectivity index (χ1) is 2.27. The zero-order chi connectivity index (χ0) is 4.28. The van der Waals surface area contributed by atoms with Crippen molar-refractivity contribution in [3.63, 3.8) is 0 Å². The van der Waals surface area contributed by atoms with Crippen LogP contribution in [0.2, 0.25) is 0 Å². The SMILES string of the molecule is NC(N)=S=O. The zero-order valence-electron chi connectivity index (χ0n) is 2.47. The van der Waals surface area contributed by atoms with Gasteiger partial charge in [-0.05, 0) is 0 Å².